The quantitative estimate of drug-likeness (QED) is 0.772. The highest BCUT2D eigenvalue weighted by Gasteiger charge is 2.13. The van der Waals surface area contributed by atoms with E-state index < -0.39 is 0 Å². The van der Waals surface area contributed by atoms with Gasteiger partial charge in [0.05, 0.1) is 23.0 Å². The number of hydrogen-bond donors (Lipinski definition) is 1. The van der Waals surface area contributed by atoms with E-state index in [9.17, 15) is 0 Å². The highest BCUT2D eigenvalue weighted by Crippen LogP contribution is 2.23. The first kappa shape index (κ1) is 15.2. The van der Waals surface area contributed by atoms with Gasteiger partial charge in [-0.1, -0.05) is 0 Å². The van der Waals surface area contributed by atoms with Crippen molar-refractivity contribution in [3.8, 4) is 11.6 Å². The van der Waals surface area contributed by atoms with Crippen LogP contribution in [-0.4, -0.2) is 40.7 Å². The van der Waals surface area contributed by atoms with Crippen LogP contribution in [0.4, 0.5) is 5.82 Å². The van der Waals surface area contributed by atoms with E-state index in [1.54, 1.807) is 23.7 Å². The number of rotatable bonds is 5. The van der Waals surface area contributed by atoms with Gasteiger partial charge in [0.25, 0.3) is 0 Å². The van der Waals surface area contributed by atoms with E-state index in [2.05, 4.69) is 36.2 Å². The summed E-state index contributed by atoms with van der Waals surface area (Å²) in [6, 6.07) is 6.14. The molecule has 0 amide bonds. The molecule has 0 spiro atoms. The SMILES string of the molecule is c1ccn(-c2ccsc2COc2cncc(N3CCNCC3)n2)c1. The molecule has 0 saturated carbocycles. The largest absolute Gasteiger partial charge is 0.471 e. The van der Waals surface area contributed by atoms with Crippen LogP contribution in [0.2, 0.25) is 0 Å². The molecule has 24 heavy (non-hydrogen) atoms. The first-order chi connectivity index (χ1) is 11.9. The predicted molar refractivity (Wildman–Crippen MR) is 95.1 cm³/mol. The van der Waals surface area contributed by atoms with E-state index in [1.807, 2.05) is 24.5 Å². The minimum absolute atomic E-state index is 0.491. The van der Waals surface area contributed by atoms with Gasteiger partial charge in [-0.05, 0) is 23.6 Å². The van der Waals surface area contributed by atoms with Gasteiger partial charge in [-0.25, -0.2) is 0 Å². The zero-order chi connectivity index (χ0) is 16.2. The first-order valence-corrected chi connectivity index (χ1v) is 8.88. The molecule has 0 radical (unpaired) electrons. The van der Waals surface area contributed by atoms with Crippen LogP contribution in [0, 0.1) is 0 Å². The molecule has 124 valence electrons. The highest BCUT2D eigenvalue weighted by atomic mass is 32.1. The summed E-state index contributed by atoms with van der Waals surface area (Å²) in [5, 5.41) is 5.42. The molecule has 1 aliphatic rings. The molecule has 0 aliphatic carbocycles. The van der Waals surface area contributed by atoms with E-state index in [0.717, 1.165) is 37.7 Å². The molecular formula is C17H19N5OS. The Morgan fingerprint density at radius 1 is 1.17 bits per heavy atom. The molecule has 0 bridgehead atoms. The van der Waals surface area contributed by atoms with Crippen molar-refractivity contribution in [2.75, 3.05) is 31.1 Å². The van der Waals surface area contributed by atoms with E-state index in [-0.39, 0.29) is 0 Å². The number of piperazine rings is 1. The smallest absolute Gasteiger partial charge is 0.234 e. The molecule has 4 heterocycles. The molecule has 6 nitrogen and oxygen atoms in total. The van der Waals surface area contributed by atoms with E-state index in [4.69, 9.17) is 4.74 Å². The molecule has 4 rings (SSSR count). The molecule has 1 N–H and O–H groups in total. The first-order valence-electron chi connectivity index (χ1n) is 8.00. The van der Waals surface area contributed by atoms with Crippen molar-refractivity contribution < 1.29 is 4.74 Å². The Balaban J connectivity index is 1.46. The maximum absolute atomic E-state index is 5.90. The minimum Gasteiger partial charge on any atom is -0.471 e. The number of aromatic nitrogens is 3. The van der Waals surface area contributed by atoms with Crippen LogP contribution in [0.15, 0.2) is 48.4 Å². The molecule has 3 aromatic heterocycles. The molecule has 1 fully saturated rings. The summed E-state index contributed by atoms with van der Waals surface area (Å²) in [7, 11) is 0. The Hall–Kier alpha value is -2.38. The lowest BCUT2D eigenvalue weighted by molar-refractivity contribution is 0.295. The molecule has 1 aliphatic heterocycles. The second-order valence-corrected chi connectivity index (χ2v) is 6.56. The Bertz CT molecular complexity index is 780. The minimum atomic E-state index is 0.491. The average Bonchev–Trinajstić information content (AvgIpc) is 3.32. The highest BCUT2D eigenvalue weighted by molar-refractivity contribution is 7.10. The number of anilines is 1. The maximum atomic E-state index is 5.90. The Morgan fingerprint density at radius 2 is 2.00 bits per heavy atom. The number of nitrogens with one attached hydrogen (secondary N) is 1. The van der Waals surface area contributed by atoms with Gasteiger partial charge in [0.15, 0.2) is 5.82 Å². The summed E-state index contributed by atoms with van der Waals surface area (Å²) in [4.78, 5) is 12.3. The Labute approximate surface area is 144 Å². The van der Waals surface area contributed by atoms with Crippen molar-refractivity contribution in [3.63, 3.8) is 0 Å². The standard InChI is InChI=1S/C17H19N5OS/c1-2-7-21(6-1)14-3-10-24-15(14)13-23-17-12-19-11-16(20-17)22-8-4-18-5-9-22/h1-3,6-7,10-12,18H,4-5,8-9,13H2. The topological polar surface area (TPSA) is 55.2 Å². The van der Waals surface area contributed by atoms with E-state index in [0.29, 0.717) is 12.5 Å². The molecule has 7 heteroatoms. The van der Waals surface area contributed by atoms with Gasteiger partial charge in [-0.15, -0.1) is 11.3 Å². The zero-order valence-electron chi connectivity index (χ0n) is 13.3. The van der Waals surface area contributed by atoms with Crippen molar-refractivity contribution >= 4 is 17.2 Å². The summed E-state index contributed by atoms with van der Waals surface area (Å²) >= 11 is 1.69. The number of ether oxygens (including phenoxy) is 1. The molecular weight excluding hydrogens is 322 g/mol. The van der Waals surface area contributed by atoms with Crippen molar-refractivity contribution in [2.45, 2.75) is 6.61 Å². The van der Waals surface area contributed by atoms with Crippen LogP contribution >= 0.6 is 11.3 Å². The second kappa shape index (κ2) is 7.02. The number of nitrogens with zero attached hydrogens (tertiary/aromatic N) is 4. The van der Waals surface area contributed by atoms with Crippen LogP contribution in [0.1, 0.15) is 4.88 Å². The van der Waals surface area contributed by atoms with Gasteiger partial charge < -0.3 is 19.5 Å². The van der Waals surface area contributed by atoms with Crippen LogP contribution < -0.4 is 15.0 Å². The van der Waals surface area contributed by atoms with Gasteiger partial charge in [0.1, 0.15) is 6.61 Å². The molecule has 1 saturated heterocycles. The summed E-state index contributed by atoms with van der Waals surface area (Å²) in [6.45, 7) is 4.33. The van der Waals surface area contributed by atoms with Crippen molar-refractivity contribution in [3.05, 3.63) is 53.2 Å². The summed E-state index contributed by atoms with van der Waals surface area (Å²) < 4.78 is 8.00. The molecule has 0 unspecified atom stereocenters. The fourth-order valence-corrected chi connectivity index (χ4v) is 3.54. The van der Waals surface area contributed by atoms with Crippen LogP contribution in [-0.2, 0) is 6.61 Å². The van der Waals surface area contributed by atoms with E-state index >= 15 is 0 Å². The predicted octanol–water partition coefficient (Wildman–Crippen LogP) is 2.32. The summed E-state index contributed by atoms with van der Waals surface area (Å²) in [5.41, 5.74) is 1.15. The monoisotopic (exact) mass is 341 g/mol. The van der Waals surface area contributed by atoms with Crippen molar-refractivity contribution in [2.24, 2.45) is 0 Å². The number of thiophene rings is 1. The van der Waals surface area contributed by atoms with Crippen molar-refractivity contribution in [1.29, 1.82) is 0 Å². The molecule has 3 aromatic rings. The third-order valence-electron chi connectivity index (χ3n) is 4.00. The Kier molecular flexibility index (Phi) is 4.44. The third kappa shape index (κ3) is 3.27. The lowest BCUT2D eigenvalue weighted by Gasteiger charge is -2.28. The van der Waals surface area contributed by atoms with Gasteiger partial charge in [0.2, 0.25) is 5.88 Å². The van der Waals surface area contributed by atoms with Crippen molar-refractivity contribution in [1.82, 2.24) is 19.9 Å². The summed E-state index contributed by atoms with van der Waals surface area (Å²) in [6.07, 6.45) is 7.55. The summed E-state index contributed by atoms with van der Waals surface area (Å²) in [5.74, 6) is 1.45. The van der Waals surface area contributed by atoms with Gasteiger partial charge in [-0.2, -0.15) is 4.98 Å². The van der Waals surface area contributed by atoms with Gasteiger partial charge in [-0.3, -0.25) is 4.98 Å². The zero-order valence-corrected chi connectivity index (χ0v) is 14.1. The van der Waals surface area contributed by atoms with Gasteiger partial charge >= 0.3 is 0 Å². The van der Waals surface area contributed by atoms with Crippen LogP contribution in [0.25, 0.3) is 5.69 Å². The Morgan fingerprint density at radius 3 is 2.83 bits per heavy atom. The molecule has 0 aromatic carbocycles. The van der Waals surface area contributed by atoms with E-state index in [1.165, 1.54) is 4.88 Å². The molecule has 0 atom stereocenters. The lowest BCUT2D eigenvalue weighted by Crippen LogP contribution is -2.43. The average molecular weight is 341 g/mol. The number of hydrogen-bond acceptors (Lipinski definition) is 6. The van der Waals surface area contributed by atoms with Gasteiger partial charge in [0, 0.05) is 38.6 Å². The third-order valence-corrected chi connectivity index (χ3v) is 4.88. The van der Waals surface area contributed by atoms with Crippen LogP contribution in [0.3, 0.4) is 0 Å². The normalized spacial score (nSPS) is 14.8. The fraction of sp³-hybridized carbons (Fsp3) is 0.294. The maximum Gasteiger partial charge on any atom is 0.234 e. The second-order valence-electron chi connectivity index (χ2n) is 5.56. The van der Waals surface area contributed by atoms with Crippen LogP contribution in [0.5, 0.6) is 5.88 Å². The fourth-order valence-electron chi connectivity index (χ4n) is 2.76. The lowest BCUT2D eigenvalue weighted by atomic mass is 10.3.